The summed E-state index contributed by atoms with van der Waals surface area (Å²) in [5.41, 5.74) is 3.41. The largest absolute Gasteiger partial charge is 0.347 e. The van der Waals surface area contributed by atoms with E-state index >= 15 is 0 Å². The Morgan fingerprint density at radius 1 is 0.833 bits per heavy atom. The average Bonchev–Trinajstić information content (AvgIpc) is 2.77. The number of nitrogens with one attached hydrogen (secondary N) is 2. The van der Waals surface area contributed by atoms with Crippen LogP contribution in [0.25, 0.3) is 10.8 Å². The third kappa shape index (κ3) is 9.21. The Balaban J connectivity index is 1.56. The van der Waals surface area contributed by atoms with Crippen molar-refractivity contribution in [2.75, 3.05) is 6.54 Å². The Morgan fingerprint density at radius 2 is 1.50 bits per heavy atom. The first-order valence-corrected chi connectivity index (χ1v) is 11.3. The first-order chi connectivity index (χ1) is 14.7. The van der Waals surface area contributed by atoms with Gasteiger partial charge >= 0.3 is 0 Å². The third-order valence-corrected chi connectivity index (χ3v) is 5.17. The molecule has 0 aromatic heterocycles. The molecule has 0 bridgehead atoms. The van der Waals surface area contributed by atoms with Crippen molar-refractivity contribution < 1.29 is 9.59 Å². The lowest BCUT2D eigenvalue weighted by Gasteiger charge is -2.05. The molecule has 0 radical (unpaired) electrons. The average molecular weight is 410 g/mol. The Labute approximate surface area is 180 Å². The predicted octanol–water partition coefficient (Wildman–Crippen LogP) is 5.33. The molecule has 0 aliphatic rings. The molecule has 0 aliphatic carbocycles. The highest BCUT2D eigenvalue weighted by Gasteiger charge is 2.05. The molecule has 2 rings (SSSR count). The van der Waals surface area contributed by atoms with Gasteiger partial charge in [0.2, 0.25) is 5.91 Å². The van der Waals surface area contributed by atoms with Crippen molar-refractivity contribution in [3.05, 3.63) is 48.0 Å². The highest BCUT2D eigenvalue weighted by Crippen LogP contribution is 2.16. The molecular weight excluding hydrogens is 374 g/mol. The fraction of sp³-hybridized carbons (Fsp3) is 0.480. The first kappa shape index (κ1) is 23.6. The van der Waals surface area contributed by atoms with Gasteiger partial charge in [0.25, 0.3) is 5.91 Å². The number of nitrogens with zero attached hydrogens (tertiary/aromatic N) is 1. The van der Waals surface area contributed by atoms with Crippen LogP contribution in [-0.4, -0.2) is 24.6 Å². The summed E-state index contributed by atoms with van der Waals surface area (Å²) in [4.78, 5) is 23.8. The minimum absolute atomic E-state index is 0.0524. The van der Waals surface area contributed by atoms with Crippen LogP contribution >= 0.6 is 0 Å². The summed E-state index contributed by atoms with van der Waals surface area (Å²) in [5.74, 6) is -0.405. The van der Waals surface area contributed by atoms with Gasteiger partial charge in [0.15, 0.2) is 0 Å². The lowest BCUT2D eigenvalue weighted by molar-refractivity contribution is -0.126. The Hall–Kier alpha value is -2.69. The lowest BCUT2D eigenvalue weighted by Crippen LogP contribution is -2.34. The second-order valence-electron chi connectivity index (χ2n) is 7.72. The molecule has 2 aromatic carbocycles. The van der Waals surface area contributed by atoms with Crippen LogP contribution in [0.2, 0.25) is 0 Å². The zero-order chi connectivity index (χ0) is 21.4. The van der Waals surface area contributed by atoms with E-state index in [9.17, 15) is 9.59 Å². The zero-order valence-electron chi connectivity index (χ0n) is 18.2. The summed E-state index contributed by atoms with van der Waals surface area (Å²) in [7, 11) is 0. The predicted molar refractivity (Wildman–Crippen MR) is 125 cm³/mol. The molecule has 5 nitrogen and oxygen atoms in total. The van der Waals surface area contributed by atoms with Crippen LogP contribution in [0.15, 0.2) is 47.6 Å². The monoisotopic (exact) mass is 409 g/mol. The summed E-state index contributed by atoms with van der Waals surface area (Å²) >= 11 is 0. The molecule has 0 atom stereocenters. The maximum atomic E-state index is 11.9. The summed E-state index contributed by atoms with van der Waals surface area (Å²) < 4.78 is 0. The summed E-state index contributed by atoms with van der Waals surface area (Å²) in [6, 6.07) is 14.0. The van der Waals surface area contributed by atoms with Crippen molar-refractivity contribution in [2.24, 2.45) is 5.10 Å². The van der Waals surface area contributed by atoms with Gasteiger partial charge in [0.1, 0.15) is 0 Å². The zero-order valence-corrected chi connectivity index (χ0v) is 18.2. The van der Waals surface area contributed by atoms with Crippen molar-refractivity contribution in [1.29, 1.82) is 0 Å². The summed E-state index contributed by atoms with van der Waals surface area (Å²) in [6.07, 6.45) is 13.1. The van der Waals surface area contributed by atoms with E-state index in [4.69, 9.17) is 0 Å². The Bertz CT molecular complexity index is 812. The maximum absolute atomic E-state index is 11.9. The molecule has 0 saturated carbocycles. The topological polar surface area (TPSA) is 70.6 Å². The molecule has 0 spiro atoms. The SMILES string of the molecule is CCCCCCCCCCCC(=O)NCC(=O)NN=Cc1cccc2ccccc12. The second-order valence-corrected chi connectivity index (χ2v) is 7.72. The van der Waals surface area contributed by atoms with Crippen molar-refractivity contribution in [1.82, 2.24) is 10.7 Å². The molecule has 2 N–H and O–H groups in total. The minimum atomic E-state index is -0.327. The van der Waals surface area contributed by atoms with E-state index in [1.165, 1.54) is 44.9 Å². The molecule has 2 amide bonds. The standard InChI is InChI=1S/C25H35N3O2/c1-2-3-4-5-6-7-8-9-10-18-24(29)26-20-25(30)28-27-19-22-16-13-15-21-14-11-12-17-23(21)22/h11-17,19H,2-10,18,20H2,1H3,(H,26,29)(H,28,30). The van der Waals surface area contributed by atoms with Crippen molar-refractivity contribution in [2.45, 2.75) is 71.1 Å². The van der Waals surface area contributed by atoms with Gasteiger partial charge < -0.3 is 5.32 Å². The molecule has 0 saturated heterocycles. The number of unbranched alkanes of at least 4 members (excludes halogenated alkanes) is 8. The van der Waals surface area contributed by atoms with E-state index in [-0.39, 0.29) is 18.4 Å². The normalized spacial score (nSPS) is 11.1. The number of hydrazone groups is 1. The van der Waals surface area contributed by atoms with Crippen LogP contribution in [0.5, 0.6) is 0 Å². The van der Waals surface area contributed by atoms with Gasteiger partial charge in [-0.15, -0.1) is 0 Å². The van der Waals surface area contributed by atoms with E-state index in [0.29, 0.717) is 6.42 Å². The summed E-state index contributed by atoms with van der Waals surface area (Å²) in [6.45, 7) is 2.18. The molecule has 0 heterocycles. The molecule has 162 valence electrons. The van der Waals surface area contributed by atoms with E-state index in [0.717, 1.165) is 29.2 Å². The van der Waals surface area contributed by atoms with E-state index < -0.39 is 0 Å². The molecule has 0 fully saturated rings. The Kier molecular flexibility index (Phi) is 11.3. The van der Waals surface area contributed by atoms with Crippen LogP contribution in [0.3, 0.4) is 0 Å². The quantitative estimate of drug-likeness (QED) is 0.252. The maximum Gasteiger partial charge on any atom is 0.259 e. The van der Waals surface area contributed by atoms with Gasteiger partial charge in [-0.2, -0.15) is 5.10 Å². The van der Waals surface area contributed by atoms with E-state index in [2.05, 4.69) is 22.8 Å². The number of hydrogen-bond donors (Lipinski definition) is 2. The highest BCUT2D eigenvalue weighted by atomic mass is 16.2. The third-order valence-electron chi connectivity index (χ3n) is 5.17. The van der Waals surface area contributed by atoms with Crippen LogP contribution in [0.4, 0.5) is 0 Å². The highest BCUT2D eigenvalue weighted by molar-refractivity contribution is 6.00. The van der Waals surface area contributed by atoms with Crippen LogP contribution in [-0.2, 0) is 9.59 Å². The van der Waals surface area contributed by atoms with Crippen molar-refractivity contribution in [3.8, 4) is 0 Å². The van der Waals surface area contributed by atoms with E-state index in [1.54, 1.807) is 6.21 Å². The molecular formula is C25H35N3O2. The minimum Gasteiger partial charge on any atom is -0.347 e. The molecule has 5 heteroatoms. The van der Waals surface area contributed by atoms with Crippen LogP contribution in [0.1, 0.15) is 76.7 Å². The first-order valence-electron chi connectivity index (χ1n) is 11.3. The number of amides is 2. The molecule has 0 aliphatic heterocycles. The number of benzene rings is 2. The van der Waals surface area contributed by atoms with Gasteiger partial charge in [0, 0.05) is 12.0 Å². The number of rotatable bonds is 14. The lowest BCUT2D eigenvalue weighted by atomic mass is 10.1. The van der Waals surface area contributed by atoms with E-state index in [1.807, 2.05) is 42.5 Å². The van der Waals surface area contributed by atoms with Crippen LogP contribution in [0, 0.1) is 0 Å². The van der Waals surface area contributed by atoms with Gasteiger partial charge in [-0.1, -0.05) is 101 Å². The fourth-order valence-electron chi connectivity index (χ4n) is 3.44. The van der Waals surface area contributed by atoms with Crippen LogP contribution < -0.4 is 10.7 Å². The number of fused-ring (bicyclic) bond motifs is 1. The second kappa shape index (κ2) is 14.3. The number of carbonyl (C=O) groups is 2. The molecule has 0 unspecified atom stereocenters. The van der Waals surface area contributed by atoms with Gasteiger partial charge in [-0.05, 0) is 17.2 Å². The Morgan fingerprint density at radius 3 is 2.27 bits per heavy atom. The number of carbonyl (C=O) groups excluding carboxylic acids is 2. The van der Waals surface area contributed by atoms with Crippen molar-refractivity contribution >= 4 is 28.8 Å². The molecule has 30 heavy (non-hydrogen) atoms. The molecule has 2 aromatic rings. The number of hydrogen-bond acceptors (Lipinski definition) is 3. The van der Waals surface area contributed by atoms with Gasteiger partial charge in [0.05, 0.1) is 12.8 Å². The summed E-state index contributed by atoms with van der Waals surface area (Å²) in [5, 5.41) is 8.88. The fourth-order valence-corrected chi connectivity index (χ4v) is 3.44. The van der Waals surface area contributed by atoms with Crippen molar-refractivity contribution in [3.63, 3.8) is 0 Å². The van der Waals surface area contributed by atoms with Gasteiger partial charge in [-0.3, -0.25) is 9.59 Å². The smallest absolute Gasteiger partial charge is 0.259 e. The van der Waals surface area contributed by atoms with Gasteiger partial charge in [-0.25, -0.2) is 5.43 Å².